The summed E-state index contributed by atoms with van der Waals surface area (Å²) in [5, 5.41) is 0. The van der Waals surface area contributed by atoms with Gasteiger partial charge in [0.05, 0.1) is 0 Å². The average Bonchev–Trinajstić information content (AvgIpc) is 3.04. The Morgan fingerprint density at radius 1 is 1.05 bits per heavy atom. The van der Waals surface area contributed by atoms with E-state index < -0.39 is 0 Å². The quantitative estimate of drug-likeness (QED) is 0.717. The minimum Gasteiger partial charge on any atom is -0.382 e. The molecule has 0 saturated carbocycles. The summed E-state index contributed by atoms with van der Waals surface area (Å²) in [6.45, 7) is 0. The van der Waals surface area contributed by atoms with Crippen LogP contribution in [-0.4, -0.2) is 19.5 Å². The van der Waals surface area contributed by atoms with Crippen molar-refractivity contribution in [1.82, 2.24) is 19.5 Å². The monoisotopic (exact) mass is 251 g/mol. The molecule has 1 aromatic carbocycles. The van der Waals surface area contributed by atoms with E-state index in [1.165, 1.54) is 30.3 Å². The Balaban J connectivity index is 1.93. The molecule has 0 amide bonds. The summed E-state index contributed by atoms with van der Waals surface area (Å²) in [5.74, 6) is 0.421. The van der Waals surface area contributed by atoms with Gasteiger partial charge in [-0.2, -0.15) is 0 Å². The van der Waals surface area contributed by atoms with Crippen LogP contribution in [0.3, 0.4) is 0 Å². The molecule has 0 atom stereocenters. The highest BCUT2D eigenvalue weighted by molar-refractivity contribution is 5.82. The summed E-state index contributed by atoms with van der Waals surface area (Å²) in [6.07, 6.45) is 6.83. The molecule has 1 aliphatic carbocycles. The van der Waals surface area contributed by atoms with Crippen molar-refractivity contribution < 1.29 is 0 Å². The highest BCUT2D eigenvalue weighted by Crippen LogP contribution is 2.26. The smallest absolute Gasteiger partial charge is 0.170 e. The van der Waals surface area contributed by atoms with E-state index in [-0.39, 0.29) is 0 Å². The number of benzene rings is 1. The lowest BCUT2D eigenvalue weighted by Gasteiger charge is -2.06. The van der Waals surface area contributed by atoms with Crippen LogP contribution in [0.4, 0.5) is 5.82 Å². The van der Waals surface area contributed by atoms with Crippen molar-refractivity contribution in [3.05, 3.63) is 42.0 Å². The van der Waals surface area contributed by atoms with Gasteiger partial charge in [-0.05, 0) is 42.5 Å². The molecule has 0 fully saturated rings. The van der Waals surface area contributed by atoms with Gasteiger partial charge in [0.15, 0.2) is 17.0 Å². The predicted molar refractivity (Wildman–Crippen MR) is 73.1 cm³/mol. The molecule has 0 spiro atoms. The fourth-order valence-corrected chi connectivity index (χ4v) is 2.75. The van der Waals surface area contributed by atoms with Crippen molar-refractivity contribution in [1.29, 1.82) is 0 Å². The number of anilines is 1. The number of nitrogens with zero attached hydrogens (tertiary/aromatic N) is 4. The minimum atomic E-state index is 0.421. The molecule has 0 aliphatic heterocycles. The van der Waals surface area contributed by atoms with Gasteiger partial charge < -0.3 is 5.73 Å². The molecule has 5 nitrogen and oxygen atoms in total. The molecule has 0 bridgehead atoms. The molecule has 0 saturated heterocycles. The summed E-state index contributed by atoms with van der Waals surface area (Å²) >= 11 is 0. The van der Waals surface area contributed by atoms with E-state index in [4.69, 9.17) is 5.73 Å². The van der Waals surface area contributed by atoms with E-state index in [0.717, 1.165) is 17.8 Å². The van der Waals surface area contributed by atoms with Crippen molar-refractivity contribution in [2.24, 2.45) is 0 Å². The van der Waals surface area contributed by atoms with Gasteiger partial charge in [0.1, 0.15) is 12.7 Å². The number of aryl methyl sites for hydroxylation is 2. The Hall–Kier alpha value is -2.43. The molecular formula is C14H13N5. The lowest BCUT2D eigenvalue weighted by Crippen LogP contribution is -1.97. The topological polar surface area (TPSA) is 69.6 Å². The first kappa shape index (κ1) is 10.5. The Labute approximate surface area is 110 Å². The molecule has 0 radical (unpaired) electrons. The largest absolute Gasteiger partial charge is 0.382 e. The van der Waals surface area contributed by atoms with Crippen LogP contribution in [0, 0.1) is 0 Å². The third-order valence-electron chi connectivity index (χ3n) is 3.72. The van der Waals surface area contributed by atoms with E-state index >= 15 is 0 Å². The number of aromatic nitrogens is 4. The lowest BCUT2D eigenvalue weighted by atomic mass is 10.1. The Bertz CT molecular complexity index is 775. The van der Waals surface area contributed by atoms with Crippen molar-refractivity contribution in [2.75, 3.05) is 5.73 Å². The third-order valence-corrected chi connectivity index (χ3v) is 3.72. The Kier molecular flexibility index (Phi) is 2.09. The lowest BCUT2D eigenvalue weighted by molar-refractivity contribution is 0.911. The molecular weight excluding hydrogens is 238 g/mol. The maximum atomic E-state index is 5.81. The normalized spacial score (nSPS) is 13.9. The van der Waals surface area contributed by atoms with Crippen molar-refractivity contribution in [3.63, 3.8) is 0 Å². The highest BCUT2D eigenvalue weighted by Gasteiger charge is 2.13. The van der Waals surface area contributed by atoms with Gasteiger partial charge in [-0.25, -0.2) is 15.0 Å². The molecule has 1 aliphatic rings. The zero-order chi connectivity index (χ0) is 12.8. The summed E-state index contributed by atoms with van der Waals surface area (Å²) < 4.78 is 1.96. The Morgan fingerprint density at radius 3 is 2.89 bits per heavy atom. The molecule has 4 rings (SSSR count). The van der Waals surface area contributed by atoms with Crippen LogP contribution < -0.4 is 5.73 Å². The van der Waals surface area contributed by atoms with Crippen LogP contribution in [0.15, 0.2) is 30.9 Å². The van der Waals surface area contributed by atoms with E-state index in [9.17, 15) is 0 Å². The number of nitrogens with two attached hydrogens (primary N) is 1. The van der Waals surface area contributed by atoms with Crippen LogP contribution in [-0.2, 0) is 12.8 Å². The van der Waals surface area contributed by atoms with Crippen LogP contribution in [0.5, 0.6) is 0 Å². The standard InChI is InChI=1S/C14H13N5/c15-13-12-14(17-7-16-13)19(8-18-12)11-5-4-9-2-1-3-10(9)6-11/h4-8H,1-3H2,(H2,15,16,17). The zero-order valence-corrected chi connectivity index (χ0v) is 10.4. The zero-order valence-electron chi connectivity index (χ0n) is 10.4. The summed E-state index contributed by atoms with van der Waals surface area (Å²) in [6, 6.07) is 6.54. The van der Waals surface area contributed by atoms with Crippen molar-refractivity contribution in [3.8, 4) is 5.69 Å². The molecule has 94 valence electrons. The SMILES string of the molecule is Nc1ncnc2c1ncn2-c1ccc2c(c1)CCC2. The molecule has 3 aromatic rings. The molecule has 2 aromatic heterocycles. The molecule has 0 unspecified atom stereocenters. The third kappa shape index (κ3) is 1.51. The first-order valence-electron chi connectivity index (χ1n) is 6.38. The van der Waals surface area contributed by atoms with E-state index in [1.807, 2.05) is 4.57 Å². The molecule has 2 N–H and O–H groups in total. The summed E-state index contributed by atoms with van der Waals surface area (Å²) in [5.41, 5.74) is 11.2. The highest BCUT2D eigenvalue weighted by atomic mass is 15.1. The average molecular weight is 251 g/mol. The number of fused-ring (bicyclic) bond motifs is 2. The van der Waals surface area contributed by atoms with Gasteiger partial charge in [0.25, 0.3) is 0 Å². The predicted octanol–water partition coefficient (Wildman–Crippen LogP) is 1.89. The van der Waals surface area contributed by atoms with Gasteiger partial charge in [-0.1, -0.05) is 6.07 Å². The van der Waals surface area contributed by atoms with Crippen LogP contribution in [0.1, 0.15) is 17.5 Å². The maximum absolute atomic E-state index is 5.81. The first-order valence-corrected chi connectivity index (χ1v) is 6.38. The molecule has 19 heavy (non-hydrogen) atoms. The molecule has 5 heteroatoms. The van der Waals surface area contributed by atoms with Crippen LogP contribution >= 0.6 is 0 Å². The van der Waals surface area contributed by atoms with Gasteiger partial charge in [0, 0.05) is 5.69 Å². The van der Waals surface area contributed by atoms with Crippen LogP contribution in [0.2, 0.25) is 0 Å². The number of imidazole rings is 1. The van der Waals surface area contributed by atoms with E-state index in [0.29, 0.717) is 11.3 Å². The second-order valence-electron chi connectivity index (χ2n) is 4.85. The van der Waals surface area contributed by atoms with Gasteiger partial charge in [-0.3, -0.25) is 4.57 Å². The van der Waals surface area contributed by atoms with Crippen molar-refractivity contribution in [2.45, 2.75) is 19.3 Å². The van der Waals surface area contributed by atoms with E-state index in [2.05, 4.69) is 33.2 Å². The Morgan fingerprint density at radius 2 is 1.95 bits per heavy atom. The van der Waals surface area contributed by atoms with Gasteiger partial charge in [-0.15, -0.1) is 0 Å². The number of hydrogen-bond acceptors (Lipinski definition) is 4. The fraction of sp³-hybridized carbons (Fsp3) is 0.214. The number of hydrogen-bond donors (Lipinski definition) is 1. The first-order chi connectivity index (χ1) is 9.33. The molecule has 2 heterocycles. The van der Waals surface area contributed by atoms with Gasteiger partial charge >= 0.3 is 0 Å². The number of rotatable bonds is 1. The summed E-state index contributed by atoms with van der Waals surface area (Å²) in [7, 11) is 0. The van der Waals surface area contributed by atoms with Gasteiger partial charge in [0.2, 0.25) is 0 Å². The number of nitrogen functional groups attached to an aromatic ring is 1. The second kappa shape index (κ2) is 3.78. The van der Waals surface area contributed by atoms with Crippen LogP contribution in [0.25, 0.3) is 16.9 Å². The second-order valence-corrected chi connectivity index (χ2v) is 4.85. The summed E-state index contributed by atoms with van der Waals surface area (Å²) in [4.78, 5) is 12.5. The van der Waals surface area contributed by atoms with Crippen molar-refractivity contribution >= 4 is 17.0 Å². The fourth-order valence-electron chi connectivity index (χ4n) is 2.75. The van der Waals surface area contributed by atoms with E-state index in [1.54, 1.807) is 6.33 Å². The maximum Gasteiger partial charge on any atom is 0.170 e. The minimum absolute atomic E-state index is 0.421.